The summed E-state index contributed by atoms with van der Waals surface area (Å²) in [6.45, 7) is 1.59. The minimum absolute atomic E-state index is 0.0620. The Morgan fingerprint density at radius 3 is 3.17 bits per heavy atom. The minimum Gasteiger partial charge on any atom is -0.379 e. The molecule has 1 N–H and O–H groups in total. The van der Waals surface area contributed by atoms with Gasteiger partial charge in [-0.05, 0) is 12.8 Å². The molecule has 1 unspecified atom stereocenters. The predicted molar refractivity (Wildman–Crippen MR) is 43.9 cm³/mol. The fourth-order valence-corrected chi connectivity index (χ4v) is 1.25. The van der Waals surface area contributed by atoms with Crippen molar-refractivity contribution in [3.8, 4) is 0 Å². The molecule has 0 spiro atoms. The van der Waals surface area contributed by atoms with Crippen LogP contribution in [0.15, 0.2) is 0 Å². The van der Waals surface area contributed by atoms with Gasteiger partial charge in [-0.15, -0.1) is 0 Å². The summed E-state index contributed by atoms with van der Waals surface area (Å²) in [5.41, 5.74) is 0. The van der Waals surface area contributed by atoms with E-state index in [-0.39, 0.29) is 18.6 Å². The monoisotopic (exact) mass is 173 g/mol. The molecule has 0 radical (unpaired) electrons. The van der Waals surface area contributed by atoms with Gasteiger partial charge in [-0.3, -0.25) is 4.79 Å². The first-order valence-electron chi connectivity index (χ1n) is 4.19. The summed E-state index contributed by atoms with van der Waals surface area (Å²) in [6, 6.07) is 0.182. The Bertz CT molecular complexity index is 143. The fraction of sp³-hybridized carbons (Fsp3) is 0.875. The van der Waals surface area contributed by atoms with Crippen LogP contribution >= 0.6 is 0 Å². The molecule has 1 atom stereocenters. The normalized spacial score (nSPS) is 23.6. The third kappa shape index (κ3) is 3.19. The second-order valence-electron chi connectivity index (χ2n) is 2.91. The van der Waals surface area contributed by atoms with E-state index in [1.54, 1.807) is 0 Å². The van der Waals surface area contributed by atoms with Crippen LogP contribution in [0.25, 0.3) is 0 Å². The van der Waals surface area contributed by atoms with Gasteiger partial charge in [0, 0.05) is 13.7 Å². The van der Waals surface area contributed by atoms with Gasteiger partial charge in [0.15, 0.2) is 0 Å². The molecule has 4 nitrogen and oxygen atoms in total. The molecule has 0 aromatic rings. The van der Waals surface area contributed by atoms with Gasteiger partial charge in [-0.2, -0.15) is 0 Å². The summed E-state index contributed by atoms with van der Waals surface area (Å²) >= 11 is 0. The number of amides is 1. The number of hydrogen-bond acceptors (Lipinski definition) is 3. The lowest BCUT2D eigenvalue weighted by molar-refractivity contribution is -0.126. The average molecular weight is 173 g/mol. The zero-order valence-electron chi connectivity index (χ0n) is 7.34. The van der Waals surface area contributed by atoms with E-state index in [1.807, 2.05) is 0 Å². The van der Waals surface area contributed by atoms with Gasteiger partial charge in [0.1, 0.15) is 6.61 Å². The van der Waals surface area contributed by atoms with Crippen LogP contribution in [-0.2, 0) is 14.3 Å². The number of hydrogen-bond donors (Lipinski definition) is 1. The van der Waals surface area contributed by atoms with E-state index in [1.165, 1.54) is 7.11 Å². The molecule has 1 amide bonds. The highest BCUT2D eigenvalue weighted by molar-refractivity contribution is 5.77. The van der Waals surface area contributed by atoms with E-state index >= 15 is 0 Å². The van der Waals surface area contributed by atoms with Crippen molar-refractivity contribution < 1.29 is 14.3 Å². The van der Waals surface area contributed by atoms with Crippen molar-refractivity contribution in [1.29, 1.82) is 0 Å². The van der Waals surface area contributed by atoms with Crippen LogP contribution in [0.4, 0.5) is 0 Å². The smallest absolute Gasteiger partial charge is 0.246 e. The quantitative estimate of drug-likeness (QED) is 0.649. The van der Waals surface area contributed by atoms with Crippen LogP contribution in [0.5, 0.6) is 0 Å². The van der Waals surface area contributed by atoms with Crippen molar-refractivity contribution in [1.82, 2.24) is 5.32 Å². The van der Waals surface area contributed by atoms with Gasteiger partial charge in [-0.25, -0.2) is 0 Å². The number of methoxy groups -OCH3 is 1. The van der Waals surface area contributed by atoms with E-state index in [4.69, 9.17) is 9.47 Å². The Morgan fingerprint density at radius 2 is 2.58 bits per heavy atom. The highest BCUT2D eigenvalue weighted by atomic mass is 16.5. The fourth-order valence-electron chi connectivity index (χ4n) is 1.25. The maximum absolute atomic E-state index is 11.0. The first kappa shape index (κ1) is 9.48. The molecule has 1 rings (SSSR count). The Morgan fingerprint density at radius 1 is 1.75 bits per heavy atom. The van der Waals surface area contributed by atoms with Gasteiger partial charge >= 0.3 is 0 Å². The third-order valence-electron chi connectivity index (χ3n) is 1.80. The molecular formula is C8H15NO3. The number of nitrogens with one attached hydrogen (secondary N) is 1. The molecular weight excluding hydrogens is 158 g/mol. The molecule has 1 aliphatic rings. The van der Waals surface area contributed by atoms with E-state index in [2.05, 4.69) is 5.32 Å². The number of carbonyl (C=O) groups excluding carboxylic acids is 1. The minimum atomic E-state index is -0.0620. The zero-order valence-corrected chi connectivity index (χ0v) is 7.34. The summed E-state index contributed by atoms with van der Waals surface area (Å²) in [5.74, 6) is -0.0620. The first-order chi connectivity index (χ1) is 5.83. The highest BCUT2D eigenvalue weighted by Crippen LogP contribution is 2.05. The summed E-state index contributed by atoms with van der Waals surface area (Å²) < 4.78 is 9.90. The molecule has 0 saturated carbocycles. The van der Waals surface area contributed by atoms with E-state index in [0.29, 0.717) is 6.61 Å². The highest BCUT2D eigenvalue weighted by Gasteiger charge is 2.15. The van der Waals surface area contributed by atoms with E-state index < -0.39 is 0 Å². The molecule has 1 saturated heterocycles. The second-order valence-corrected chi connectivity index (χ2v) is 2.91. The van der Waals surface area contributed by atoms with Crippen LogP contribution in [-0.4, -0.2) is 38.9 Å². The summed E-state index contributed by atoms with van der Waals surface area (Å²) in [6.07, 6.45) is 2.04. The van der Waals surface area contributed by atoms with Crippen LogP contribution in [0.3, 0.4) is 0 Å². The lowest BCUT2D eigenvalue weighted by atomic mass is 10.1. The molecule has 1 aliphatic heterocycles. The van der Waals surface area contributed by atoms with Crippen molar-refractivity contribution in [3.05, 3.63) is 0 Å². The zero-order chi connectivity index (χ0) is 8.81. The van der Waals surface area contributed by atoms with Crippen LogP contribution in [0, 0.1) is 0 Å². The molecule has 12 heavy (non-hydrogen) atoms. The largest absolute Gasteiger partial charge is 0.379 e. The Kier molecular flexibility index (Phi) is 4.04. The second kappa shape index (κ2) is 5.11. The standard InChI is InChI=1S/C8H15NO3/c1-11-6-8(10)9-7-3-2-4-12-5-7/h7H,2-6H2,1H3,(H,9,10). The van der Waals surface area contributed by atoms with Crippen molar-refractivity contribution in [2.45, 2.75) is 18.9 Å². The first-order valence-corrected chi connectivity index (χ1v) is 4.19. The van der Waals surface area contributed by atoms with Gasteiger partial charge in [-0.1, -0.05) is 0 Å². The van der Waals surface area contributed by atoms with E-state index in [9.17, 15) is 4.79 Å². The Balaban J connectivity index is 2.15. The van der Waals surface area contributed by atoms with Crippen molar-refractivity contribution in [2.75, 3.05) is 26.9 Å². The van der Waals surface area contributed by atoms with Crippen molar-refractivity contribution in [3.63, 3.8) is 0 Å². The number of rotatable bonds is 3. The summed E-state index contributed by atoms with van der Waals surface area (Å²) in [4.78, 5) is 11.0. The summed E-state index contributed by atoms with van der Waals surface area (Å²) in [5, 5.41) is 2.83. The molecule has 4 heteroatoms. The van der Waals surface area contributed by atoms with Gasteiger partial charge in [0.2, 0.25) is 5.91 Å². The SMILES string of the molecule is COCC(=O)NC1CCCOC1. The number of carbonyl (C=O) groups is 1. The lowest BCUT2D eigenvalue weighted by Gasteiger charge is -2.22. The molecule has 70 valence electrons. The molecule has 0 aliphatic carbocycles. The predicted octanol–water partition coefficient (Wildman–Crippen LogP) is -0.0720. The molecule has 0 aromatic heterocycles. The topological polar surface area (TPSA) is 47.6 Å². The van der Waals surface area contributed by atoms with Gasteiger partial charge < -0.3 is 14.8 Å². The van der Waals surface area contributed by atoms with Crippen LogP contribution < -0.4 is 5.32 Å². The van der Waals surface area contributed by atoms with Crippen LogP contribution in [0.1, 0.15) is 12.8 Å². The maximum Gasteiger partial charge on any atom is 0.246 e. The molecule has 0 bridgehead atoms. The third-order valence-corrected chi connectivity index (χ3v) is 1.80. The molecule has 1 fully saturated rings. The average Bonchev–Trinajstić information content (AvgIpc) is 2.06. The van der Waals surface area contributed by atoms with Crippen LogP contribution in [0.2, 0.25) is 0 Å². The lowest BCUT2D eigenvalue weighted by Crippen LogP contribution is -2.42. The molecule has 1 heterocycles. The Hall–Kier alpha value is -0.610. The maximum atomic E-state index is 11.0. The summed E-state index contributed by atoms with van der Waals surface area (Å²) in [7, 11) is 1.51. The van der Waals surface area contributed by atoms with Gasteiger partial charge in [0.05, 0.1) is 12.6 Å². The molecule has 0 aromatic carbocycles. The van der Waals surface area contributed by atoms with Crippen molar-refractivity contribution in [2.24, 2.45) is 0 Å². The van der Waals surface area contributed by atoms with Gasteiger partial charge in [0.25, 0.3) is 0 Å². The van der Waals surface area contributed by atoms with E-state index in [0.717, 1.165) is 19.4 Å². The van der Waals surface area contributed by atoms with Crippen molar-refractivity contribution >= 4 is 5.91 Å². The Labute approximate surface area is 72.2 Å². The number of ether oxygens (including phenoxy) is 2.